The zero-order valence-electron chi connectivity index (χ0n) is 13.1. The summed E-state index contributed by atoms with van der Waals surface area (Å²) >= 11 is 1.69. The van der Waals surface area contributed by atoms with Crippen LogP contribution in [0.2, 0.25) is 0 Å². The number of amides is 2. The fourth-order valence-corrected chi connectivity index (χ4v) is 2.16. The highest BCUT2D eigenvalue weighted by atomic mass is 32.2. The molecule has 0 spiro atoms. The average Bonchev–Trinajstić information content (AvgIpc) is 2.51. The molecule has 0 heterocycles. The molecular formula is C14H22N2O4S. The summed E-state index contributed by atoms with van der Waals surface area (Å²) in [6.45, 7) is 0.678. The molecule has 0 aromatic heterocycles. The molecule has 0 radical (unpaired) electrons. The number of methoxy groups -OCH3 is 3. The summed E-state index contributed by atoms with van der Waals surface area (Å²) in [5.41, 5.74) is 0.588. The van der Waals surface area contributed by atoms with E-state index in [0.29, 0.717) is 29.5 Å². The molecule has 7 heteroatoms. The Hall–Kier alpha value is -1.76. The van der Waals surface area contributed by atoms with Crippen molar-refractivity contribution in [3.63, 3.8) is 0 Å². The number of carbonyl (C=O) groups excluding carboxylic acids is 1. The van der Waals surface area contributed by atoms with Gasteiger partial charge >= 0.3 is 6.03 Å². The van der Waals surface area contributed by atoms with Crippen LogP contribution in [-0.4, -0.2) is 57.9 Å². The number of nitrogens with one attached hydrogen (secondary N) is 1. The van der Waals surface area contributed by atoms with Crippen LogP contribution >= 0.6 is 11.8 Å². The lowest BCUT2D eigenvalue weighted by molar-refractivity contribution is 0.225. The molecule has 1 aromatic carbocycles. The molecule has 1 aromatic rings. The van der Waals surface area contributed by atoms with Crippen molar-refractivity contribution >= 4 is 23.5 Å². The van der Waals surface area contributed by atoms with Gasteiger partial charge in [-0.25, -0.2) is 4.79 Å². The fourth-order valence-electron chi connectivity index (χ4n) is 1.70. The third-order valence-electron chi connectivity index (χ3n) is 2.89. The second-order valence-corrected chi connectivity index (χ2v) is 5.24. The number of thioether (sulfide) groups is 1. The van der Waals surface area contributed by atoms with Crippen LogP contribution in [0.1, 0.15) is 0 Å². The van der Waals surface area contributed by atoms with Gasteiger partial charge in [0.1, 0.15) is 0 Å². The second kappa shape index (κ2) is 8.51. The Morgan fingerprint density at radius 2 is 1.76 bits per heavy atom. The number of hydrogen-bond acceptors (Lipinski definition) is 5. The quantitative estimate of drug-likeness (QED) is 0.838. The van der Waals surface area contributed by atoms with E-state index >= 15 is 0 Å². The van der Waals surface area contributed by atoms with E-state index in [4.69, 9.17) is 14.2 Å². The highest BCUT2D eigenvalue weighted by Gasteiger charge is 2.15. The Morgan fingerprint density at radius 3 is 2.19 bits per heavy atom. The zero-order valence-corrected chi connectivity index (χ0v) is 13.9. The number of hydrogen-bond donors (Lipinski definition) is 1. The molecule has 2 amide bonds. The molecular weight excluding hydrogens is 292 g/mol. The zero-order chi connectivity index (χ0) is 15.8. The van der Waals surface area contributed by atoms with Crippen LogP contribution in [-0.2, 0) is 0 Å². The van der Waals surface area contributed by atoms with E-state index in [1.165, 1.54) is 21.3 Å². The third kappa shape index (κ3) is 4.63. The molecule has 6 nitrogen and oxygen atoms in total. The SMILES string of the molecule is COc1cc(NC(=O)N(C)CCSC)cc(OC)c1OC. The second-order valence-electron chi connectivity index (χ2n) is 4.26. The lowest BCUT2D eigenvalue weighted by Crippen LogP contribution is -2.33. The minimum absolute atomic E-state index is 0.182. The summed E-state index contributed by atoms with van der Waals surface area (Å²) in [7, 11) is 6.36. The first-order chi connectivity index (χ1) is 10.1. The van der Waals surface area contributed by atoms with Gasteiger partial charge in [-0.1, -0.05) is 0 Å². The third-order valence-corrected chi connectivity index (χ3v) is 3.48. The summed E-state index contributed by atoms with van der Waals surface area (Å²) < 4.78 is 15.7. The van der Waals surface area contributed by atoms with Gasteiger partial charge in [-0.2, -0.15) is 11.8 Å². The Kier molecular flexibility index (Phi) is 7.01. The molecule has 0 bridgehead atoms. The van der Waals surface area contributed by atoms with E-state index in [1.54, 1.807) is 35.8 Å². The summed E-state index contributed by atoms with van der Waals surface area (Å²) in [6.07, 6.45) is 2.00. The van der Waals surface area contributed by atoms with Crippen LogP contribution in [0.25, 0.3) is 0 Å². The standard InChI is InChI=1S/C14H22N2O4S/c1-16(6-7-21-5)14(17)15-10-8-11(18-2)13(20-4)12(9-10)19-3/h8-9H,6-7H2,1-5H3,(H,15,17). The number of benzene rings is 1. The average molecular weight is 314 g/mol. The van der Waals surface area contributed by atoms with Gasteiger partial charge in [0.2, 0.25) is 5.75 Å². The monoisotopic (exact) mass is 314 g/mol. The summed E-state index contributed by atoms with van der Waals surface area (Å²) in [6, 6.07) is 3.21. The largest absolute Gasteiger partial charge is 0.493 e. The fraction of sp³-hybridized carbons (Fsp3) is 0.500. The molecule has 1 rings (SSSR count). The normalized spacial score (nSPS) is 9.95. The molecule has 0 unspecified atom stereocenters. The molecule has 0 atom stereocenters. The van der Waals surface area contributed by atoms with E-state index < -0.39 is 0 Å². The Morgan fingerprint density at radius 1 is 1.19 bits per heavy atom. The van der Waals surface area contributed by atoms with Gasteiger partial charge in [0.25, 0.3) is 0 Å². The van der Waals surface area contributed by atoms with Gasteiger partial charge in [0.15, 0.2) is 11.5 Å². The maximum atomic E-state index is 12.1. The van der Waals surface area contributed by atoms with Gasteiger partial charge in [-0.15, -0.1) is 0 Å². The Balaban J connectivity index is 2.91. The number of urea groups is 1. The van der Waals surface area contributed by atoms with Crippen LogP contribution in [0.5, 0.6) is 17.2 Å². The maximum absolute atomic E-state index is 12.1. The van der Waals surface area contributed by atoms with Crippen molar-refractivity contribution in [2.45, 2.75) is 0 Å². The number of anilines is 1. The first-order valence-corrected chi connectivity index (χ1v) is 7.77. The molecule has 0 aliphatic rings. The summed E-state index contributed by atoms with van der Waals surface area (Å²) in [5, 5.41) is 2.81. The van der Waals surface area contributed by atoms with Crippen molar-refractivity contribution in [2.75, 3.05) is 52.2 Å². The van der Waals surface area contributed by atoms with Crippen LogP contribution < -0.4 is 19.5 Å². The van der Waals surface area contributed by atoms with E-state index in [2.05, 4.69) is 5.32 Å². The number of rotatable bonds is 7. The highest BCUT2D eigenvalue weighted by Crippen LogP contribution is 2.39. The smallest absolute Gasteiger partial charge is 0.321 e. The van der Waals surface area contributed by atoms with Crippen LogP contribution in [0.15, 0.2) is 12.1 Å². The Bertz CT molecular complexity index is 457. The van der Waals surface area contributed by atoms with Crippen molar-refractivity contribution in [2.24, 2.45) is 0 Å². The molecule has 0 aliphatic carbocycles. The predicted molar refractivity (Wildman–Crippen MR) is 86.1 cm³/mol. The molecule has 0 saturated heterocycles. The lowest BCUT2D eigenvalue weighted by Gasteiger charge is -2.19. The van der Waals surface area contributed by atoms with Crippen LogP contribution in [0, 0.1) is 0 Å². The number of ether oxygens (including phenoxy) is 3. The van der Waals surface area contributed by atoms with Crippen LogP contribution in [0.4, 0.5) is 10.5 Å². The van der Waals surface area contributed by atoms with Crippen molar-refractivity contribution in [1.29, 1.82) is 0 Å². The van der Waals surface area contributed by atoms with Gasteiger partial charge in [-0.05, 0) is 6.26 Å². The van der Waals surface area contributed by atoms with E-state index in [9.17, 15) is 4.79 Å². The minimum atomic E-state index is -0.182. The van der Waals surface area contributed by atoms with Gasteiger partial charge in [-0.3, -0.25) is 0 Å². The summed E-state index contributed by atoms with van der Waals surface area (Å²) in [4.78, 5) is 13.7. The summed E-state index contributed by atoms with van der Waals surface area (Å²) in [5.74, 6) is 2.38. The van der Waals surface area contributed by atoms with Gasteiger partial charge in [0, 0.05) is 31.5 Å². The van der Waals surface area contributed by atoms with E-state index in [-0.39, 0.29) is 6.03 Å². The van der Waals surface area contributed by atoms with Crippen molar-refractivity contribution in [3.8, 4) is 17.2 Å². The van der Waals surface area contributed by atoms with Crippen molar-refractivity contribution in [1.82, 2.24) is 4.90 Å². The minimum Gasteiger partial charge on any atom is -0.493 e. The molecule has 1 N–H and O–H groups in total. The molecule has 118 valence electrons. The Labute approximate surface area is 129 Å². The van der Waals surface area contributed by atoms with Gasteiger partial charge in [0.05, 0.1) is 27.0 Å². The predicted octanol–water partition coefficient (Wildman–Crippen LogP) is 2.54. The van der Waals surface area contributed by atoms with Crippen LogP contribution in [0.3, 0.4) is 0 Å². The molecule has 0 aliphatic heterocycles. The number of nitrogens with zero attached hydrogens (tertiary/aromatic N) is 1. The topological polar surface area (TPSA) is 60.0 Å². The van der Waals surface area contributed by atoms with Crippen molar-refractivity contribution < 1.29 is 19.0 Å². The van der Waals surface area contributed by atoms with E-state index in [1.807, 2.05) is 6.26 Å². The molecule has 0 fully saturated rings. The molecule has 0 saturated carbocycles. The first kappa shape index (κ1) is 17.3. The number of carbonyl (C=O) groups is 1. The maximum Gasteiger partial charge on any atom is 0.321 e. The highest BCUT2D eigenvalue weighted by molar-refractivity contribution is 7.98. The lowest BCUT2D eigenvalue weighted by atomic mass is 10.2. The van der Waals surface area contributed by atoms with Crippen molar-refractivity contribution in [3.05, 3.63) is 12.1 Å². The van der Waals surface area contributed by atoms with E-state index in [0.717, 1.165) is 5.75 Å². The van der Waals surface area contributed by atoms with Gasteiger partial charge < -0.3 is 24.4 Å². The molecule has 21 heavy (non-hydrogen) atoms. The first-order valence-electron chi connectivity index (χ1n) is 6.38.